The smallest absolute Gasteiger partial charge is 0.246 e. The summed E-state index contributed by atoms with van der Waals surface area (Å²) in [6.07, 6.45) is 0. The summed E-state index contributed by atoms with van der Waals surface area (Å²) in [4.78, 5) is 16.2. The zero-order chi connectivity index (χ0) is 14.2. The topological polar surface area (TPSA) is 49.6 Å². The van der Waals surface area contributed by atoms with Gasteiger partial charge in [-0.1, -0.05) is 15.9 Å². The lowest BCUT2D eigenvalue weighted by molar-refractivity contribution is -0.134. The minimum absolute atomic E-state index is 0.0989. The number of anilines is 1. The number of aryl methyl sites for hydroxylation is 1. The molecule has 2 rings (SSSR count). The lowest BCUT2D eigenvalue weighted by Crippen LogP contribution is -2.62. The lowest BCUT2D eigenvalue weighted by atomic mass is 10.1. The van der Waals surface area contributed by atoms with Gasteiger partial charge in [-0.05, 0) is 37.6 Å². The first-order valence-corrected chi connectivity index (χ1v) is 7.24. The molecule has 4 nitrogen and oxygen atoms in total. The highest BCUT2D eigenvalue weighted by atomic mass is 79.9. The summed E-state index contributed by atoms with van der Waals surface area (Å²) in [5.41, 5.74) is 8.02. The van der Waals surface area contributed by atoms with E-state index in [1.165, 1.54) is 0 Å². The minimum atomic E-state index is -0.262. The maximum absolute atomic E-state index is 12.3. The summed E-state index contributed by atoms with van der Waals surface area (Å²) < 4.78 is 1.08. The van der Waals surface area contributed by atoms with Crippen molar-refractivity contribution in [3.8, 4) is 0 Å². The monoisotopic (exact) mass is 325 g/mol. The van der Waals surface area contributed by atoms with Crippen LogP contribution in [-0.4, -0.2) is 43.0 Å². The molecular formula is C14H20BrN3O. The Kier molecular flexibility index (Phi) is 4.16. The van der Waals surface area contributed by atoms with E-state index in [-0.39, 0.29) is 18.0 Å². The number of benzene rings is 1. The second-order valence-electron chi connectivity index (χ2n) is 5.14. The van der Waals surface area contributed by atoms with Crippen LogP contribution >= 0.6 is 15.9 Å². The number of hydrogen-bond donors (Lipinski definition) is 1. The Labute approximate surface area is 122 Å². The summed E-state index contributed by atoms with van der Waals surface area (Å²) in [6.45, 7) is 5.26. The Morgan fingerprint density at radius 1 is 1.47 bits per heavy atom. The number of piperazine rings is 1. The van der Waals surface area contributed by atoms with Crippen molar-refractivity contribution in [1.82, 2.24) is 4.90 Å². The summed E-state index contributed by atoms with van der Waals surface area (Å²) in [5.74, 6) is 0.0989. The summed E-state index contributed by atoms with van der Waals surface area (Å²) in [6, 6.07) is 6.08. The SMILES string of the molecule is Cc1cc(N2CC(C)N(C)C(=O)C2CN)ccc1Br. The number of carbonyl (C=O) groups excluding carboxylic acids is 1. The fraction of sp³-hybridized carbons (Fsp3) is 0.500. The Morgan fingerprint density at radius 3 is 2.74 bits per heavy atom. The highest BCUT2D eigenvalue weighted by Gasteiger charge is 2.35. The number of rotatable bonds is 2. The average Bonchev–Trinajstić information content (AvgIpc) is 2.39. The molecule has 2 N–H and O–H groups in total. The third-order valence-electron chi connectivity index (χ3n) is 3.83. The molecule has 19 heavy (non-hydrogen) atoms. The summed E-state index contributed by atoms with van der Waals surface area (Å²) in [5, 5.41) is 0. The van der Waals surface area contributed by atoms with Crippen molar-refractivity contribution in [3.05, 3.63) is 28.2 Å². The number of carbonyl (C=O) groups is 1. The lowest BCUT2D eigenvalue weighted by Gasteiger charge is -2.44. The zero-order valence-corrected chi connectivity index (χ0v) is 13.1. The molecule has 1 saturated heterocycles. The normalized spacial score (nSPS) is 23.9. The van der Waals surface area contributed by atoms with Crippen LogP contribution in [-0.2, 0) is 4.79 Å². The van der Waals surface area contributed by atoms with Crippen LogP contribution in [0, 0.1) is 6.92 Å². The fourth-order valence-electron chi connectivity index (χ4n) is 2.44. The maximum Gasteiger partial charge on any atom is 0.246 e. The van der Waals surface area contributed by atoms with Crippen molar-refractivity contribution in [3.63, 3.8) is 0 Å². The third kappa shape index (κ3) is 2.62. The molecular weight excluding hydrogens is 306 g/mol. The van der Waals surface area contributed by atoms with Gasteiger partial charge in [0.05, 0.1) is 0 Å². The fourth-order valence-corrected chi connectivity index (χ4v) is 2.69. The molecule has 2 unspecified atom stereocenters. The summed E-state index contributed by atoms with van der Waals surface area (Å²) in [7, 11) is 1.85. The van der Waals surface area contributed by atoms with Gasteiger partial charge in [0.2, 0.25) is 5.91 Å². The molecule has 1 amide bonds. The molecule has 1 aromatic rings. The first kappa shape index (κ1) is 14.3. The van der Waals surface area contributed by atoms with Gasteiger partial charge in [-0.2, -0.15) is 0 Å². The predicted octanol–water partition coefficient (Wildman–Crippen LogP) is 1.75. The molecule has 0 saturated carbocycles. The molecule has 0 aromatic heterocycles. The number of amides is 1. The molecule has 1 aromatic carbocycles. The average molecular weight is 326 g/mol. The number of nitrogens with zero attached hydrogens (tertiary/aromatic N) is 2. The van der Waals surface area contributed by atoms with Crippen molar-refractivity contribution in [2.45, 2.75) is 25.9 Å². The van der Waals surface area contributed by atoms with Gasteiger partial charge in [-0.3, -0.25) is 4.79 Å². The molecule has 2 atom stereocenters. The van der Waals surface area contributed by atoms with Gasteiger partial charge in [0.25, 0.3) is 0 Å². The molecule has 104 valence electrons. The van der Waals surface area contributed by atoms with Gasteiger partial charge in [0.1, 0.15) is 6.04 Å². The van der Waals surface area contributed by atoms with Crippen molar-refractivity contribution in [2.75, 3.05) is 25.0 Å². The van der Waals surface area contributed by atoms with E-state index in [2.05, 4.69) is 33.8 Å². The first-order chi connectivity index (χ1) is 8.95. The highest BCUT2D eigenvalue weighted by molar-refractivity contribution is 9.10. The largest absolute Gasteiger partial charge is 0.356 e. The Hall–Kier alpha value is -1.07. The van der Waals surface area contributed by atoms with Crippen LogP contribution in [0.1, 0.15) is 12.5 Å². The maximum atomic E-state index is 12.3. The molecule has 1 fully saturated rings. The van der Waals surface area contributed by atoms with Crippen LogP contribution in [0.4, 0.5) is 5.69 Å². The van der Waals surface area contributed by atoms with Gasteiger partial charge >= 0.3 is 0 Å². The van der Waals surface area contributed by atoms with Gasteiger partial charge in [-0.25, -0.2) is 0 Å². The van der Waals surface area contributed by atoms with E-state index in [9.17, 15) is 4.79 Å². The van der Waals surface area contributed by atoms with Gasteiger partial charge < -0.3 is 15.5 Å². The minimum Gasteiger partial charge on any atom is -0.356 e. The quantitative estimate of drug-likeness (QED) is 0.901. The van der Waals surface area contributed by atoms with Crippen LogP contribution in [0.2, 0.25) is 0 Å². The molecule has 0 bridgehead atoms. The van der Waals surface area contributed by atoms with E-state index in [1.807, 2.05) is 26.1 Å². The van der Waals surface area contributed by atoms with Crippen LogP contribution in [0.5, 0.6) is 0 Å². The van der Waals surface area contributed by atoms with E-state index < -0.39 is 0 Å². The molecule has 1 aliphatic rings. The highest BCUT2D eigenvalue weighted by Crippen LogP contribution is 2.27. The first-order valence-electron chi connectivity index (χ1n) is 6.45. The van der Waals surface area contributed by atoms with E-state index in [4.69, 9.17) is 5.73 Å². The second-order valence-corrected chi connectivity index (χ2v) is 5.99. The van der Waals surface area contributed by atoms with Gasteiger partial charge in [-0.15, -0.1) is 0 Å². The van der Waals surface area contributed by atoms with E-state index in [1.54, 1.807) is 4.90 Å². The molecule has 1 aliphatic heterocycles. The Morgan fingerprint density at radius 2 is 2.16 bits per heavy atom. The van der Waals surface area contributed by atoms with Gasteiger partial charge in [0, 0.05) is 36.3 Å². The van der Waals surface area contributed by atoms with Crippen molar-refractivity contribution in [2.24, 2.45) is 5.73 Å². The standard InChI is InChI=1S/C14H20BrN3O/c1-9-6-11(4-5-12(9)15)18-8-10(2)17(3)14(19)13(18)7-16/h4-6,10,13H,7-8,16H2,1-3H3. The number of halogens is 1. The number of likely N-dealkylation sites (N-methyl/N-ethyl adjacent to an activating group) is 1. The number of nitrogens with two attached hydrogens (primary N) is 1. The zero-order valence-electron chi connectivity index (χ0n) is 11.6. The van der Waals surface area contributed by atoms with E-state index in [0.717, 1.165) is 22.3 Å². The third-order valence-corrected chi connectivity index (χ3v) is 4.72. The molecule has 1 heterocycles. The van der Waals surface area contributed by atoms with E-state index >= 15 is 0 Å². The van der Waals surface area contributed by atoms with Crippen LogP contribution < -0.4 is 10.6 Å². The Bertz CT molecular complexity index is 492. The van der Waals surface area contributed by atoms with Gasteiger partial charge in [0.15, 0.2) is 0 Å². The molecule has 5 heteroatoms. The molecule has 0 aliphatic carbocycles. The molecule has 0 spiro atoms. The number of hydrogen-bond acceptors (Lipinski definition) is 3. The van der Waals surface area contributed by atoms with Crippen molar-refractivity contribution < 1.29 is 4.79 Å². The van der Waals surface area contributed by atoms with Crippen LogP contribution in [0.3, 0.4) is 0 Å². The Balaban J connectivity index is 2.35. The predicted molar refractivity (Wildman–Crippen MR) is 81.3 cm³/mol. The van der Waals surface area contributed by atoms with Crippen molar-refractivity contribution in [1.29, 1.82) is 0 Å². The van der Waals surface area contributed by atoms with Crippen LogP contribution in [0.15, 0.2) is 22.7 Å². The van der Waals surface area contributed by atoms with Crippen molar-refractivity contribution >= 4 is 27.5 Å². The molecule has 0 radical (unpaired) electrons. The second kappa shape index (κ2) is 5.51. The van der Waals surface area contributed by atoms with Crippen LogP contribution in [0.25, 0.3) is 0 Å². The summed E-state index contributed by atoms with van der Waals surface area (Å²) >= 11 is 3.50. The van der Waals surface area contributed by atoms with E-state index in [0.29, 0.717) is 6.54 Å².